The highest BCUT2D eigenvalue weighted by Crippen LogP contribution is 2.20. The van der Waals surface area contributed by atoms with Crippen LogP contribution in [0.1, 0.15) is 5.69 Å². The molecule has 1 aromatic carbocycles. The van der Waals surface area contributed by atoms with Gasteiger partial charge in [-0.05, 0) is 12.1 Å². The van der Waals surface area contributed by atoms with Gasteiger partial charge in [-0.3, -0.25) is 0 Å². The number of methoxy groups -OCH3 is 1. The highest BCUT2D eigenvalue weighted by atomic mass is 79.9. The number of aryl methyl sites for hydroxylation is 1. The monoisotopic (exact) mass is 299 g/mol. The average molecular weight is 300 g/mol. The van der Waals surface area contributed by atoms with Gasteiger partial charge < -0.3 is 4.74 Å². The van der Waals surface area contributed by atoms with E-state index in [2.05, 4.69) is 26.2 Å². The van der Waals surface area contributed by atoms with Crippen molar-refractivity contribution in [3.63, 3.8) is 0 Å². The Labute approximate surface area is 107 Å². The van der Waals surface area contributed by atoms with Crippen LogP contribution in [-0.2, 0) is 6.42 Å². The maximum Gasteiger partial charge on any atom is 0.165 e. The molecule has 0 aliphatic carbocycles. The van der Waals surface area contributed by atoms with Crippen molar-refractivity contribution in [2.45, 2.75) is 6.42 Å². The van der Waals surface area contributed by atoms with E-state index in [1.807, 2.05) is 6.20 Å². The summed E-state index contributed by atoms with van der Waals surface area (Å²) in [6.07, 6.45) is 2.62. The lowest BCUT2D eigenvalue weighted by Crippen LogP contribution is -1.97. The molecule has 0 aliphatic heterocycles. The van der Waals surface area contributed by atoms with Crippen LogP contribution in [0, 0.1) is 5.82 Å². The van der Waals surface area contributed by atoms with Crippen molar-refractivity contribution in [3.8, 4) is 11.4 Å². The second kappa shape index (κ2) is 5.27. The van der Waals surface area contributed by atoms with Crippen LogP contribution in [0.5, 0.6) is 5.75 Å². The first-order valence-corrected chi connectivity index (χ1v) is 6.18. The van der Waals surface area contributed by atoms with Gasteiger partial charge in [0.1, 0.15) is 0 Å². The first-order chi connectivity index (χ1) is 8.24. The first kappa shape index (κ1) is 12.0. The second-order valence-corrected chi connectivity index (χ2v) is 4.21. The van der Waals surface area contributed by atoms with Gasteiger partial charge >= 0.3 is 0 Å². The quantitative estimate of drug-likeness (QED) is 0.814. The Morgan fingerprint density at radius 3 is 3.00 bits per heavy atom. The van der Waals surface area contributed by atoms with Crippen molar-refractivity contribution >= 4 is 15.9 Å². The van der Waals surface area contributed by atoms with Crippen LogP contribution in [0.4, 0.5) is 4.39 Å². The third-order valence-corrected chi connectivity index (χ3v) is 2.69. The van der Waals surface area contributed by atoms with E-state index in [1.54, 1.807) is 16.8 Å². The fourth-order valence-corrected chi connectivity index (χ4v) is 1.83. The Morgan fingerprint density at radius 1 is 1.47 bits per heavy atom. The fraction of sp³-hybridized carbons (Fsp3) is 0.273. The van der Waals surface area contributed by atoms with E-state index < -0.39 is 5.82 Å². The highest BCUT2D eigenvalue weighted by Gasteiger charge is 2.07. The van der Waals surface area contributed by atoms with Gasteiger partial charge in [-0.2, -0.15) is 0 Å². The molecule has 0 N–H and O–H groups in total. The number of alkyl halides is 1. The number of hydrogen-bond donors (Lipinski definition) is 0. The van der Waals surface area contributed by atoms with Gasteiger partial charge in [-0.1, -0.05) is 21.1 Å². The number of nitrogens with zero attached hydrogens (tertiary/aromatic N) is 3. The number of benzene rings is 1. The average Bonchev–Trinajstić information content (AvgIpc) is 2.79. The molecule has 1 heterocycles. The Kier molecular flexibility index (Phi) is 3.73. The van der Waals surface area contributed by atoms with E-state index >= 15 is 0 Å². The molecule has 4 nitrogen and oxygen atoms in total. The molecule has 6 heteroatoms. The molecule has 90 valence electrons. The summed E-state index contributed by atoms with van der Waals surface area (Å²) in [6, 6.07) is 4.56. The molecule has 2 rings (SSSR count). The molecule has 0 spiro atoms. The van der Waals surface area contributed by atoms with Gasteiger partial charge in [0.05, 0.1) is 24.7 Å². The van der Waals surface area contributed by atoms with Gasteiger partial charge in [-0.25, -0.2) is 9.07 Å². The minimum absolute atomic E-state index is 0.194. The maximum atomic E-state index is 13.2. The Bertz CT molecular complexity index is 515. The van der Waals surface area contributed by atoms with Crippen molar-refractivity contribution in [2.24, 2.45) is 0 Å². The van der Waals surface area contributed by atoms with Crippen molar-refractivity contribution in [1.29, 1.82) is 0 Å². The lowest BCUT2D eigenvalue weighted by atomic mass is 10.3. The zero-order chi connectivity index (χ0) is 12.3. The summed E-state index contributed by atoms with van der Waals surface area (Å²) >= 11 is 3.34. The SMILES string of the molecule is COc1cc(-n2cc(CCBr)nn2)ccc1F. The Hall–Kier alpha value is -1.43. The molecular weight excluding hydrogens is 289 g/mol. The molecule has 0 bridgehead atoms. The summed E-state index contributed by atoms with van der Waals surface area (Å²) in [7, 11) is 1.43. The normalized spacial score (nSPS) is 10.5. The predicted molar refractivity (Wildman–Crippen MR) is 65.4 cm³/mol. The number of aromatic nitrogens is 3. The van der Waals surface area contributed by atoms with E-state index in [0.717, 1.165) is 23.1 Å². The standard InChI is InChI=1S/C11H11BrFN3O/c1-17-11-6-9(2-3-10(11)13)16-7-8(4-5-12)14-15-16/h2-3,6-7H,4-5H2,1H3. The summed E-state index contributed by atoms with van der Waals surface area (Å²) in [6.45, 7) is 0. The van der Waals surface area contributed by atoms with Gasteiger partial charge in [0.15, 0.2) is 11.6 Å². The van der Waals surface area contributed by atoms with Crippen molar-refractivity contribution in [1.82, 2.24) is 15.0 Å². The lowest BCUT2D eigenvalue weighted by molar-refractivity contribution is 0.386. The van der Waals surface area contributed by atoms with Crippen LogP contribution in [0.3, 0.4) is 0 Å². The van der Waals surface area contributed by atoms with E-state index in [9.17, 15) is 4.39 Å². The lowest BCUT2D eigenvalue weighted by Gasteiger charge is -2.04. The summed E-state index contributed by atoms with van der Waals surface area (Å²) in [5, 5.41) is 8.82. The Morgan fingerprint density at radius 2 is 2.29 bits per heavy atom. The molecule has 0 unspecified atom stereocenters. The molecule has 0 saturated carbocycles. The summed E-state index contributed by atoms with van der Waals surface area (Å²) in [5.74, 6) is -0.197. The van der Waals surface area contributed by atoms with Crippen molar-refractivity contribution in [2.75, 3.05) is 12.4 Å². The fourth-order valence-electron chi connectivity index (χ4n) is 1.43. The second-order valence-electron chi connectivity index (χ2n) is 3.41. The van der Waals surface area contributed by atoms with Crippen LogP contribution >= 0.6 is 15.9 Å². The smallest absolute Gasteiger partial charge is 0.165 e. The van der Waals surface area contributed by atoms with Crippen LogP contribution in [0.25, 0.3) is 5.69 Å². The van der Waals surface area contributed by atoms with Gasteiger partial charge in [0, 0.05) is 17.8 Å². The van der Waals surface area contributed by atoms with Crippen LogP contribution < -0.4 is 4.74 Å². The molecule has 0 aliphatic rings. The molecule has 0 radical (unpaired) electrons. The summed E-state index contributed by atoms with van der Waals surface area (Å²) in [5.41, 5.74) is 1.60. The van der Waals surface area contributed by atoms with E-state index in [0.29, 0.717) is 0 Å². The number of halogens is 2. The van der Waals surface area contributed by atoms with E-state index in [1.165, 1.54) is 13.2 Å². The highest BCUT2D eigenvalue weighted by molar-refractivity contribution is 9.09. The molecule has 0 saturated heterocycles. The van der Waals surface area contributed by atoms with Crippen molar-refractivity contribution in [3.05, 3.63) is 35.9 Å². The molecular formula is C11H11BrFN3O. The zero-order valence-corrected chi connectivity index (χ0v) is 10.8. The van der Waals surface area contributed by atoms with Crippen molar-refractivity contribution < 1.29 is 9.13 Å². The first-order valence-electron chi connectivity index (χ1n) is 5.05. The third kappa shape index (κ3) is 2.63. The van der Waals surface area contributed by atoms with Gasteiger partial charge in [0.25, 0.3) is 0 Å². The molecule has 0 fully saturated rings. The molecule has 17 heavy (non-hydrogen) atoms. The summed E-state index contributed by atoms with van der Waals surface area (Å²) in [4.78, 5) is 0. The maximum absolute atomic E-state index is 13.2. The predicted octanol–water partition coefficient (Wildman–Crippen LogP) is 2.35. The minimum atomic E-state index is -0.392. The molecule has 2 aromatic rings. The number of rotatable bonds is 4. The largest absolute Gasteiger partial charge is 0.494 e. The van der Waals surface area contributed by atoms with E-state index in [4.69, 9.17) is 4.74 Å². The molecule has 0 atom stereocenters. The number of ether oxygens (including phenoxy) is 1. The molecule has 1 aromatic heterocycles. The zero-order valence-electron chi connectivity index (χ0n) is 9.23. The topological polar surface area (TPSA) is 39.9 Å². The van der Waals surface area contributed by atoms with Crippen LogP contribution in [-0.4, -0.2) is 27.4 Å². The van der Waals surface area contributed by atoms with Crippen LogP contribution in [0.15, 0.2) is 24.4 Å². The third-order valence-electron chi connectivity index (χ3n) is 2.29. The van der Waals surface area contributed by atoms with E-state index in [-0.39, 0.29) is 5.75 Å². The van der Waals surface area contributed by atoms with Crippen LogP contribution in [0.2, 0.25) is 0 Å². The summed E-state index contributed by atoms with van der Waals surface area (Å²) < 4.78 is 19.7. The minimum Gasteiger partial charge on any atom is -0.494 e. The number of hydrogen-bond acceptors (Lipinski definition) is 3. The van der Waals surface area contributed by atoms with Gasteiger partial charge in [-0.15, -0.1) is 5.10 Å². The van der Waals surface area contributed by atoms with Gasteiger partial charge in [0.2, 0.25) is 0 Å². The molecule has 0 amide bonds. The Balaban J connectivity index is 2.32.